The fourth-order valence-electron chi connectivity index (χ4n) is 6.26. The van der Waals surface area contributed by atoms with Crippen molar-refractivity contribution in [1.29, 1.82) is 0 Å². The standard InChI is InChI=1S/C27H28Cl2N2O4/c28-22-2-1-3-23(29)26(22)27(18-6-7-18)19(15-35-30-27)14-34-24-12-21-11-17(24)13-31(21)20-8-4-16(5-9-20)10-25(32)33/h1-5,8-9,15,17-18,21,24,30H,6-7,10-14H2,(H,32,33)/t17-,21-,24+,27-/m0/s1. The van der Waals surface area contributed by atoms with Crippen LogP contribution in [0.5, 0.6) is 0 Å². The molecule has 0 spiro atoms. The second-order valence-electron chi connectivity index (χ2n) is 10.2. The Morgan fingerprint density at radius 3 is 2.51 bits per heavy atom. The van der Waals surface area contributed by atoms with E-state index in [1.807, 2.05) is 42.5 Å². The molecule has 2 aliphatic carbocycles. The van der Waals surface area contributed by atoms with Crippen LogP contribution in [0.1, 0.15) is 36.8 Å². The van der Waals surface area contributed by atoms with E-state index < -0.39 is 11.5 Å². The number of halogens is 2. The van der Waals surface area contributed by atoms with Gasteiger partial charge in [-0.3, -0.25) is 4.79 Å². The molecule has 0 unspecified atom stereocenters. The molecule has 6 nitrogen and oxygen atoms in total. The molecule has 2 aromatic rings. The predicted molar refractivity (Wildman–Crippen MR) is 135 cm³/mol. The van der Waals surface area contributed by atoms with Crippen molar-refractivity contribution in [2.75, 3.05) is 18.1 Å². The summed E-state index contributed by atoms with van der Waals surface area (Å²) in [4.78, 5) is 19.1. The van der Waals surface area contributed by atoms with Crippen molar-refractivity contribution in [3.05, 3.63) is 75.5 Å². The third-order valence-corrected chi connectivity index (χ3v) is 8.66. The van der Waals surface area contributed by atoms with Gasteiger partial charge in [0.15, 0.2) is 0 Å². The molecule has 2 aliphatic heterocycles. The minimum atomic E-state index is -0.807. The Balaban J connectivity index is 1.13. The van der Waals surface area contributed by atoms with Crippen LogP contribution < -0.4 is 10.4 Å². The van der Waals surface area contributed by atoms with Crippen LogP contribution in [0, 0.1) is 11.8 Å². The number of benzene rings is 2. The van der Waals surface area contributed by atoms with E-state index in [1.54, 1.807) is 6.26 Å². The first-order valence-corrected chi connectivity index (χ1v) is 13.0. The van der Waals surface area contributed by atoms with Crippen LogP contribution in [0.4, 0.5) is 5.69 Å². The van der Waals surface area contributed by atoms with E-state index in [9.17, 15) is 4.79 Å². The number of hydrogen-bond acceptors (Lipinski definition) is 5. The summed E-state index contributed by atoms with van der Waals surface area (Å²) in [6, 6.07) is 14.0. The monoisotopic (exact) mass is 514 g/mol. The van der Waals surface area contributed by atoms with Crippen LogP contribution in [-0.4, -0.2) is 36.4 Å². The Bertz CT molecular complexity index is 1150. The molecule has 35 heavy (non-hydrogen) atoms. The number of carboxylic acids is 1. The van der Waals surface area contributed by atoms with Crippen molar-refractivity contribution in [1.82, 2.24) is 5.48 Å². The number of carboxylic acid groups (broad SMARTS) is 1. The molecule has 0 amide bonds. The lowest BCUT2D eigenvalue weighted by atomic mass is 9.80. The lowest BCUT2D eigenvalue weighted by Crippen LogP contribution is -2.44. The molecule has 184 valence electrons. The molecular weight excluding hydrogens is 487 g/mol. The molecule has 2 aromatic carbocycles. The number of rotatable bonds is 8. The number of hydrogen-bond donors (Lipinski definition) is 2. The number of piperidine rings is 1. The van der Waals surface area contributed by atoms with Gasteiger partial charge < -0.3 is 19.6 Å². The van der Waals surface area contributed by atoms with E-state index in [-0.39, 0.29) is 12.5 Å². The second-order valence-corrected chi connectivity index (χ2v) is 11.0. The van der Waals surface area contributed by atoms with Gasteiger partial charge in [-0.2, -0.15) is 0 Å². The molecule has 2 saturated carbocycles. The Morgan fingerprint density at radius 1 is 1.14 bits per heavy atom. The first-order chi connectivity index (χ1) is 17.0. The van der Waals surface area contributed by atoms with Crippen molar-refractivity contribution >= 4 is 34.9 Å². The molecule has 3 fully saturated rings. The molecule has 0 aromatic heterocycles. The van der Waals surface area contributed by atoms with Gasteiger partial charge in [-0.25, -0.2) is 0 Å². The highest BCUT2D eigenvalue weighted by Gasteiger charge is 2.55. The van der Waals surface area contributed by atoms with Gasteiger partial charge in [0.1, 0.15) is 11.8 Å². The zero-order valence-corrected chi connectivity index (χ0v) is 20.8. The Hall–Kier alpha value is -2.25. The van der Waals surface area contributed by atoms with Gasteiger partial charge in [-0.1, -0.05) is 41.4 Å². The fourth-order valence-corrected chi connectivity index (χ4v) is 6.95. The Morgan fingerprint density at radius 2 is 1.89 bits per heavy atom. The maximum Gasteiger partial charge on any atom is 0.307 e. The highest BCUT2D eigenvalue weighted by atomic mass is 35.5. The number of hydroxylamine groups is 1. The lowest BCUT2D eigenvalue weighted by Gasteiger charge is -2.35. The van der Waals surface area contributed by atoms with Crippen LogP contribution in [0.15, 0.2) is 54.3 Å². The van der Waals surface area contributed by atoms with Gasteiger partial charge in [0.25, 0.3) is 0 Å². The molecule has 8 heteroatoms. The molecule has 0 radical (unpaired) electrons. The zero-order chi connectivity index (χ0) is 24.2. The summed E-state index contributed by atoms with van der Waals surface area (Å²) in [7, 11) is 0. The molecule has 4 aliphatic rings. The molecule has 2 heterocycles. The van der Waals surface area contributed by atoms with Crippen LogP contribution >= 0.6 is 23.2 Å². The number of fused-ring (bicyclic) bond motifs is 2. The largest absolute Gasteiger partial charge is 0.481 e. The van der Waals surface area contributed by atoms with Crippen LogP contribution in [-0.2, 0) is 26.3 Å². The topological polar surface area (TPSA) is 71.0 Å². The fraction of sp³-hybridized carbons (Fsp3) is 0.444. The average molecular weight is 515 g/mol. The maximum absolute atomic E-state index is 10.9. The van der Waals surface area contributed by atoms with E-state index >= 15 is 0 Å². The quantitative estimate of drug-likeness (QED) is 0.496. The summed E-state index contributed by atoms with van der Waals surface area (Å²) in [6.07, 6.45) is 6.29. The van der Waals surface area contributed by atoms with Crippen molar-refractivity contribution in [3.8, 4) is 0 Å². The number of aliphatic carboxylic acids is 1. The smallest absolute Gasteiger partial charge is 0.307 e. The molecule has 1 saturated heterocycles. The summed E-state index contributed by atoms with van der Waals surface area (Å²) in [6.45, 7) is 1.42. The van der Waals surface area contributed by atoms with Crippen LogP contribution in [0.3, 0.4) is 0 Å². The predicted octanol–water partition coefficient (Wildman–Crippen LogP) is 5.33. The van der Waals surface area contributed by atoms with Crippen LogP contribution in [0.25, 0.3) is 0 Å². The van der Waals surface area contributed by atoms with Gasteiger partial charge in [0.2, 0.25) is 0 Å². The van der Waals surface area contributed by atoms with Crippen molar-refractivity contribution < 1.29 is 19.5 Å². The minimum absolute atomic E-state index is 0.0540. The molecule has 4 atom stereocenters. The summed E-state index contributed by atoms with van der Waals surface area (Å²) < 4.78 is 6.54. The molecule has 2 bridgehead atoms. The summed E-state index contributed by atoms with van der Waals surface area (Å²) in [5, 5.41) is 10.3. The zero-order valence-electron chi connectivity index (χ0n) is 19.3. The Labute approximate surface area is 214 Å². The molecule has 6 rings (SSSR count). The number of nitrogens with one attached hydrogen (secondary N) is 1. The SMILES string of the molecule is O=C(O)Cc1ccc(N2C[C@@H]3C[C@H]2C[C@H]3OCC2=CON[C@@]2(c2c(Cl)cccc2Cl)C2CC2)cc1. The number of nitrogens with zero attached hydrogens (tertiary/aromatic N) is 1. The maximum atomic E-state index is 10.9. The molecular formula is C27H28Cl2N2O4. The van der Waals surface area contributed by atoms with E-state index in [2.05, 4.69) is 10.4 Å². The molecule has 2 N–H and O–H groups in total. The van der Waals surface area contributed by atoms with Gasteiger partial charge in [-0.05, 0) is 61.4 Å². The number of ether oxygens (including phenoxy) is 1. The lowest BCUT2D eigenvalue weighted by molar-refractivity contribution is -0.136. The Kier molecular flexibility index (Phi) is 5.96. The van der Waals surface area contributed by atoms with Crippen molar-refractivity contribution in [2.24, 2.45) is 11.8 Å². The third kappa shape index (κ3) is 4.10. The number of carbonyl (C=O) groups is 1. The van der Waals surface area contributed by atoms with Gasteiger partial charge in [0, 0.05) is 45.4 Å². The van der Waals surface area contributed by atoms with Crippen molar-refractivity contribution in [3.63, 3.8) is 0 Å². The number of anilines is 1. The minimum Gasteiger partial charge on any atom is -0.481 e. The average Bonchev–Trinajstić information content (AvgIpc) is 3.31. The highest BCUT2D eigenvalue weighted by molar-refractivity contribution is 6.36. The summed E-state index contributed by atoms with van der Waals surface area (Å²) >= 11 is 13.3. The third-order valence-electron chi connectivity index (χ3n) is 8.03. The van der Waals surface area contributed by atoms with E-state index in [0.29, 0.717) is 34.5 Å². The first kappa shape index (κ1) is 23.2. The summed E-state index contributed by atoms with van der Waals surface area (Å²) in [5.74, 6) is 0.0316. The van der Waals surface area contributed by atoms with Gasteiger partial charge in [0.05, 0.1) is 19.1 Å². The highest BCUT2D eigenvalue weighted by Crippen LogP contribution is 2.55. The van der Waals surface area contributed by atoms with Crippen molar-refractivity contribution in [2.45, 2.75) is 49.8 Å². The first-order valence-electron chi connectivity index (χ1n) is 12.2. The normalized spacial score (nSPS) is 29.4. The van der Waals surface area contributed by atoms with Gasteiger partial charge >= 0.3 is 5.97 Å². The van der Waals surface area contributed by atoms with E-state index in [0.717, 1.165) is 54.6 Å². The summed E-state index contributed by atoms with van der Waals surface area (Å²) in [5.41, 5.74) is 6.61. The van der Waals surface area contributed by atoms with Gasteiger partial charge in [-0.15, -0.1) is 5.48 Å². The van der Waals surface area contributed by atoms with E-state index in [4.69, 9.17) is 37.9 Å². The van der Waals surface area contributed by atoms with E-state index in [1.165, 1.54) is 0 Å². The second kappa shape index (κ2) is 9.00. The van der Waals surface area contributed by atoms with Crippen LogP contribution in [0.2, 0.25) is 10.0 Å².